The molecule has 0 fully saturated rings. The molecule has 0 radical (unpaired) electrons. The van der Waals surface area contributed by atoms with Crippen molar-refractivity contribution in [1.82, 2.24) is 47.9 Å². The van der Waals surface area contributed by atoms with Gasteiger partial charge in [-0.15, -0.1) is 0 Å². The normalized spacial score (nSPS) is 15.5. The highest BCUT2D eigenvalue weighted by Gasteiger charge is 2.36. The van der Waals surface area contributed by atoms with Crippen LogP contribution in [0.5, 0.6) is 0 Å². The van der Waals surface area contributed by atoms with Gasteiger partial charge in [0, 0.05) is 19.5 Å². The average Bonchev–Trinajstić information content (AvgIpc) is 3.37. The van der Waals surface area contributed by atoms with Crippen LogP contribution < -0.4 is 99.5 Å². The molecule has 0 unspecified atom stereocenters. The van der Waals surface area contributed by atoms with Crippen molar-refractivity contribution < 1.29 is 68.1 Å². The topological polar surface area (TPSA) is 616 Å². The molecule has 80 heavy (non-hydrogen) atoms. The van der Waals surface area contributed by atoms with Crippen molar-refractivity contribution >= 4 is 76.9 Å². The lowest BCUT2D eigenvalue weighted by molar-refractivity contribution is -0.137. The van der Waals surface area contributed by atoms with Gasteiger partial charge < -0.3 is 115 Å². The molecule has 0 aliphatic carbocycles. The van der Waals surface area contributed by atoms with E-state index in [9.17, 15) is 68.1 Å². The number of aliphatic imine (C=N–C) groups is 2. The smallest absolute Gasteiger partial charge is 0.245 e. The second-order valence-electron chi connectivity index (χ2n) is 18.9. The van der Waals surface area contributed by atoms with E-state index in [4.69, 9.17) is 51.6 Å². The molecule has 34 nitrogen and oxygen atoms in total. The summed E-state index contributed by atoms with van der Waals surface area (Å²) in [6.07, 6.45) is -2.96. The molecule has 0 aromatic rings. The molecule has 0 heterocycles. The van der Waals surface area contributed by atoms with Gasteiger partial charge in [0.2, 0.25) is 65.0 Å². The van der Waals surface area contributed by atoms with E-state index in [1.807, 2.05) is 0 Å². The fourth-order valence-corrected chi connectivity index (χ4v) is 7.20. The zero-order valence-corrected chi connectivity index (χ0v) is 45.9. The molecular formula is C46H88N20O14. The number of unbranched alkanes of at least 4 members (excludes halogenated alkanes) is 2. The van der Waals surface area contributed by atoms with Gasteiger partial charge in [0.1, 0.15) is 54.4 Å². The molecule has 0 bridgehead atoms. The second kappa shape index (κ2) is 38.9. The molecule has 0 aliphatic rings. The van der Waals surface area contributed by atoms with Gasteiger partial charge in [-0.2, -0.15) is 0 Å². The van der Waals surface area contributed by atoms with Crippen molar-refractivity contribution in [1.29, 1.82) is 0 Å². The number of nitrogens with one attached hydrogen (secondary N) is 9. The summed E-state index contributed by atoms with van der Waals surface area (Å²) < 4.78 is 0. The zero-order valence-electron chi connectivity index (χ0n) is 45.9. The molecule has 0 spiro atoms. The van der Waals surface area contributed by atoms with Crippen LogP contribution in [0.25, 0.3) is 0 Å². The zero-order chi connectivity index (χ0) is 61.2. The number of nitrogens with zero attached hydrogens (tertiary/aromatic N) is 2. The van der Waals surface area contributed by atoms with Crippen LogP contribution in [0.4, 0.5) is 0 Å². The number of rotatable bonds is 41. The standard InChI is InChI=1S/C46H88N20O14/c1-22(49)36(72)59-29(14-10-20-57-46(54)55)41(77)66-34(25(4)69)44(80)63-27(12-6-8-18-48)38(74)62-30(15-16-32(50)70)42(78)65-33(24(3)68)43(79)58-23(2)37(73)60-28(13-9-19-56-45(52)53)39(75)61-26(11-5-7-17-47)40(76)64-31(21-67)35(51)71/h22-31,33-34,67-69H,5-21,47-49H2,1-4H3,(H2,50,70)(H2,51,71)(H,58,79)(H,59,72)(H,60,73)(H,61,75)(H,62,74)(H,63,80)(H,64,76)(H,65,78)(H,66,77)(H4,52,53,56)(H4,54,55,57)/t22-,23-,24+,25+,26-,27-,28-,29-,30-,31-,33-,34-/m0/s1. The lowest BCUT2D eigenvalue weighted by Gasteiger charge is -2.29. The Morgan fingerprint density at radius 3 is 1.07 bits per heavy atom. The SMILES string of the molecule is C[C@H](N)C(=O)N[C@@H](CCCN=C(N)N)C(=O)N[C@H](C(=O)N[C@@H](CCCCN)C(=O)N[C@@H](CCC(N)=O)C(=O)N[C@H](C(=O)N[C@@H](C)C(=O)N[C@@H](CCCN=C(N)N)C(=O)N[C@@H](CCCCN)C(=O)N[C@@H](CO)C(N)=O)[C@@H](C)O)[C@@H](C)O. The maximum atomic E-state index is 14.0. The summed E-state index contributed by atoms with van der Waals surface area (Å²) in [4.78, 5) is 154. The van der Waals surface area contributed by atoms with Crippen molar-refractivity contribution in [3.05, 3.63) is 0 Å². The summed E-state index contributed by atoms with van der Waals surface area (Å²) in [5.74, 6) is -11.3. The van der Waals surface area contributed by atoms with Gasteiger partial charge in [0.25, 0.3) is 0 Å². The van der Waals surface area contributed by atoms with E-state index < -0.39 is 157 Å². The molecule has 0 saturated carbocycles. The number of hydrogen-bond donors (Lipinski definition) is 21. The molecule has 0 saturated heterocycles. The van der Waals surface area contributed by atoms with Crippen LogP contribution in [0, 0.1) is 0 Å². The third-order valence-electron chi connectivity index (χ3n) is 11.8. The molecule has 11 amide bonds. The maximum absolute atomic E-state index is 14.0. The molecule has 0 aliphatic heterocycles. The van der Waals surface area contributed by atoms with Crippen LogP contribution in [0.3, 0.4) is 0 Å². The summed E-state index contributed by atoms with van der Waals surface area (Å²) in [5, 5.41) is 52.5. The van der Waals surface area contributed by atoms with Gasteiger partial charge in [-0.1, -0.05) is 0 Å². The number of hydrogen-bond acceptors (Lipinski definition) is 19. The van der Waals surface area contributed by atoms with Crippen LogP contribution in [0.15, 0.2) is 9.98 Å². The average molecular weight is 1150 g/mol. The van der Waals surface area contributed by atoms with Crippen molar-refractivity contribution in [2.24, 2.45) is 61.6 Å². The first-order valence-corrected chi connectivity index (χ1v) is 26.1. The Balaban J connectivity index is 6.63. The van der Waals surface area contributed by atoms with E-state index in [1.165, 1.54) is 20.8 Å². The van der Waals surface area contributed by atoms with E-state index in [1.54, 1.807) is 0 Å². The summed E-state index contributed by atoms with van der Waals surface area (Å²) in [5.41, 5.74) is 49.2. The Morgan fingerprint density at radius 1 is 0.412 bits per heavy atom. The van der Waals surface area contributed by atoms with Gasteiger partial charge >= 0.3 is 0 Å². The van der Waals surface area contributed by atoms with Crippen LogP contribution in [0.2, 0.25) is 0 Å². The summed E-state index contributed by atoms with van der Waals surface area (Å²) >= 11 is 0. The molecular weight excluding hydrogens is 1060 g/mol. The number of primary amides is 2. The molecule has 30 N–H and O–H groups in total. The van der Waals surface area contributed by atoms with Crippen molar-refractivity contribution in [2.45, 2.75) is 177 Å². The predicted octanol–water partition coefficient (Wildman–Crippen LogP) is -10.4. The van der Waals surface area contributed by atoms with Gasteiger partial charge in [-0.05, 0) is 111 Å². The van der Waals surface area contributed by atoms with E-state index in [2.05, 4.69) is 57.8 Å². The van der Waals surface area contributed by atoms with Crippen LogP contribution in [0.1, 0.15) is 105 Å². The van der Waals surface area contributed by atoms with E-state index >= 15 is 0 Å². The molecule has 34 heteroatoms. The van der Waals surface area contributed by atoms with Gasteiger partial charge in [-0.25, -0.2) is 0 Å². The Morgan fingerprint density at radius 2 is 0.738 bits per heavy atom. The summed E-state index contributed by atoms with van der Waals surface area (Å²) in [7, 11) is 0. The number of aliphatic hydroxyl groups excluding tert-OH is 3. The van der Waals surface area contributed by atoms with Crippen molar-refractivity contribution in [2.75, 3.05) is 32.8 Å². The quantitative estimate of drug-likeness (QED) is 0.0154. The van der Waals surface area contributed by atoms with E-state index in [0.717, 1.165) is 6.92 Å². The van der Waals surface area contributed by atoms with Gasteiger partial charge in [-0.3, -0.25) is 62.7 Å². The Kier molecular flexibility index (Phi) is 35.3. The molecule has 456 valence electrons. The number of amides is 11. The first-order chi connectivity index (χ1) is 37.5. The number of guanidine groups is 2. The minimum Gasteiger partial charge on any atom is -0.394 e. The third-order valence-corrected chi connectivity index (χ3v) is 11.8. The monoisotopic (exact) mass is 1140 g/mol. The van der Waals surface area contributed by atoms with Crippen LogP contribution in [-0.2, 0) is 52.7 Å². The lowest BCUT2D eigenvalue weighted by Crippen LogP contribution is -2.62. The fraction of sp³-hybridized carbons (Fsp3) is 0.717. The molecule has 0 aromatic carbocycles. The predicted molar refractivity (Wildman–Crippen MR) is 290 cm³/mol. The van der Waals surface area contributed by atoms with Crippen molar-refractivity contribution in [3.8, 4) is 0 Å². The fourth-order valence-electron chi connectivity index (χ4n) is 7.20. The molecule has 0 aromatic heterocycles. The second-order valence-corrected chi connectivity index (χ2v) is 18.9. The Hall–Kier alpha value is -7.53. The Bertz CT molecular complexity index is 2110. The molecule has 12 atom stereocenters. The molecule has 0 rings (SSSR count). The van der Waals surface area contributed by atoms with Gasteiger partial charge in [0.05, 0.1) is 24.9 Å². The number of nitrogens with two attached hydrogens (primary N) is 9. The highest BCUT2D eigenvalue weighted by molar-refractivity contribution is 5.99. The first kappa shape index (κ1) is 72.5. The van der Waals surface area contributed by atoms with Gasteiger partial charge in [0.15, 0.2) is 11.9 Å². The maximum Gasteiger partial charge on any atom is 0.245 e. The highest BCUT2D eigenvalue weighted by Crippen LogP contribution is 2.10. The first-order valence-electron chi connectivity index (χ1n) is 26.1. The number of carbonyl (C=O) groups is 11. The number of carbonyl (C=O) groups excluding carboxylic acids is 11. The van der Waals surface area contributed by atoms with Crippen molar-refractivity contribution in [3.63, 3.8) is 0 Å². The van der Waals surface area contributed by atoms with E-state index in [-0.39, 0.29) is 83.0 Å². The van der Waals surface area contributed by atoms with E-state index in [0.29, 0.717) is 19.3 Å². The Labute approximate surface area is 463 Å². The lowest BCUT2D eigenvalue weighted by atomic mass is 10.0. The minimum absolute atomic E-state index is 0.000998. The third kappa shape index (κ3) is 29.4. The number of aliphatic hydroxyl groups is 3. The summed E-state index contributed by atoms with van der Waals surface area (Å²) in [6.45, 7) is 4.48. The minimum atomic E-state index is -1.86. The summed E-state index contributed by atoms with van der Waals surface area (Å²) in [6, 6.07) is -14.8. The highest BCUT2D eigenvalue weighted by atomic mass is 16.3. The largest absolute Gasteiger partial charge is 0.394 e. The van der Waals surface area contributed by atoms with Crippen LogP contribution >= 0.6 is 0 Å². The van der Waals surface area contributed by atoms with Crippen LogP contribution in [-0.4, -0.2) is 198 Å².